The largest absolute Gasteiger partial charge is 0.345 e. The van der Waals surface area contributed by atoms with Crippen LogP contribution in [0.25, 0.3) is 11.0 Å². The van der Waals surface area contributed by atoms with Gasteiger partial charge in [-0.15, -0.1) is 0 Å². The van der Waals surface area contributed by atoms with Crippen LogP contribution in [0.1, 0.15) is 5.56 Å². The van der Waals surface area contributed by atoms with Crippen LogP contribution in [0.15, 0.2) is 47.6 Å². The van der Waals surface area contributed by atoms with Gasteiger partial charge in [-0.25, -0.2) is 13.4 Å². The van der Waals surface area contributed by atoms with E-state index in [4.69, 9.17) is 0 Å². The minimum absolute atomic E-state index is 0.0313. The highest BCUT2D eigenvalue weighted by Crippen LogP contribution is 2.26. The van der Waals surface area contributed by atoms with Gasteiger partial charge in [-0.05, 0) is 25.1 Å². The molecule has 0 unspecified atom stereocenters. The number of hydrogen-bond acceptors (Lipinski definition) is 5. The number of rotatable bonds is 4. The highest BCUT2D eigenvalue weighted by Gasteiger charge is 2.21. The predicted molar refractivity (Wildman–Crippen MR) is 84.7 cm³/mol. The number of aromatic nitrogens is 2. The van der Waals surface area contributed by atoms with Crippen molar-refractivity contribution in [2.45, 2.75) is 11.8 Å². The van der Waals surface area contributed by atoms with E-state index in [9.17, 15) is 18.5 Å². The lowest BCUT2D eigenvalue weighted by Crippen LogP contribution is -2.12. The molecule has 0 aliphatic carbocycles. The molecule has 118 valence electrons. The second-order valence-corrected chi connectivity index (χ2v) is 6.57. The first-order valence-corrected chi connectivity index (χ1v) is 8.07. The van der Waals surface area contributed by atoms with Gasteiger partial charge in [0, 0.05) is 29.4 Å². The number of nitro benzene ring substituents is 1. The van der Waals surface area contributed by atoms with Gasteiger partial charge < -0.3 is 4.98 Å². The Hall–Kier alpha value is -2.94. The lowest BCUT2D eigenvalue weighted by atomic mass is 10.2. The molecule has 2 aromatic heterocycles. The summed E-state index contributed by atoms with van der Waals surface area (Å²) in [7, 11) is -3.90. The molecule has 0 amide bonds. The maximum Gasteiger partial charge on any atom is 0.274 e. The van der Waals surface area contributed by atoms with Crippen LogP contribution in [0, 0.1) is 17.0 Å². The van der Waals surface area contributed by atoms with Gasteiger partial charge in [0.1, 0.15) is 10.5 Å². The molecule has 3 aromatic rings. The highest BCUT2D eigenvalue weighted by atomic mass is 32.2. The number of nitrogens with one attached hydrogen (secondary N) is 2. The Bertz CT molecular complexity index is 1010. The number of sulfonamides is 1. The number of fused-ring (bicyclic) bond motifs is 1. The fourth-order valence-electron chi connectivity index (χ4n) is 2.23. The normalized spacial score (nSPS) is 11.5. The SMILES string of the molecule is Cc1ccc(NS(=O)(=O)c2c[nH]c3ncccc23)cc1[N+](=O)[O-]. The van der Waals surface area contributed by atoms with Crippen LogP contribution in [0.5, 0.6) is 0 Å². The standard InChI is InChI=1S/C14H12N4O4S/c1-9-4-5-10(7-12(9)18(19)20)17-23(21,22)13-8-16-14-11(13)3-2-6-15-14/h2-8,17H,1H3,(H,15,16). The van der Waals surface area contributed by atoms with E-state index in [1.165, 1.54) is 24.4 Å². The molecule has 0 spiro atoms. The topological polar surface area (TPSA) is 118 Å². The maximum atomic E-state index is 12.5. The van der Waals surface area contributed by atoms with E-state index >= 15 is 0 Å². The van der Waals surface area contributed by atoms with Crippen molar-refractivity contribution in [3.05, 3.63) is 58.4 Å². The van der Waals surface area contributed by atoms with E-state index < -0.39 is 14.9 Å². The zero-order valence-corrected chi connectivity index (χ0v) is 12.8. The molecule has 0 radical (unpaired) electrons. The summed E-state index contributed by atoms with van der Waals surface area (Å²) in [4.78, 5) is 17.3. The smallest absolute Gasteiger partial charge is 0.274 e. The number of anilines is 1. The van der Waals surface area contributed by atoms with E-state index in [1.54, 1.807) is 25.3 Å². The number of hydrogen-bond donors (Lipinski definition) is 2. The number of nitrogens with zero attached hydrogens (tertiary/aromatic N) is 2. The molecule has 3 rings (SSSR count). The monoisotopic (exact) mass is 332 g/mol. The van der Waals surface area contributed by atoms with Gasteiger partial charge in [-0.1, -0.05) is 6.07 Å². The van der Waals surface area contributed by atoms with E-state index in [2.05, 4.69) is 14.7 Å². The van der Waals surface area contributed by atoms with Crippen molar-refractivity contribution in [3.8, 4) is 0 Å². The summed E-state index contributed by atoms with van der Waals surface area (Å²) in [6.45, 7) is 1.59. The summed E-state index contributed by atoms with van der Waals surface area (Å²) in [5.41, 5.74) is 0.878. The van der Waals surface area contributed by atoms with E-state index in [1.807, 2.05) is 0 Å². The van der Waals surface area contributed by atoms with E-state index in [0.29, 0.717) is 16.6 Å². The summed E-state index contributed by atoms with van der Waals surface area (Å²) in [5, 5.41) is 11.4. The van der Waals surface area contributed by atoms with Crippen LogP contribution in [-0.2, 0) is 10.0 Å². The van der Waals surface area contributed by atoms with Crippen LogP contribution in [-0.4, -0.2) is 23.3 Å². The first-order valence-electron chi connectivity index (χ1n) is 6.58. The second kappa shape index (κ2) is 5.36. The van der Waals surface area contributed by atoms with Crippen molar-refractivity contribution in [1.29, 1.82) is 0 Å². The molecule has 0 fully saturated rings. The van der Waals surface area contributed by atoms with Crippen LogP contribution < -0.4 is 4.72 Å². The summed E-state index contributed by atoms with van der Waals surface area (Å²) in [6.07, 6.45) is 2.88. The number of aryl methyl sites for hydroxylation is 1. The van der Waals surface area contributed by atoms with Crippen LogP contribution in [0.2, 0.25) is 0 Å². The van der Waals surface area contributed by atoms with Crippen molar-refractivity contribution in [3.63, 3.8) is 0 Å². The Balaban J connectivity index is 2.02. The Morgan fingerprint density at radius 1 is 1.30 bits per heavy atom. The Kier molecular flexibility index (Phi) is 3.49. The van der Waals surface area contributed by atoms with Gasteiger partial charge in [-0.3, -0.25) is 14.8 Å². The third-order valence-electron chi connectivity index (χ3n) is 3.36. The summed E-state index contributed by atoms with van der Waals surface area (Å²) >= 11 is 0. The predicted octanol–water partition coefficient (Wildman–Crippen LogP) is 2.58. The molecule has 0 bridgehead atoms. The van der Waals surface area contributed by atoms with Crippen LogP contribution in [0.4, 0.5) is 11.4 Å². The van der Waals surface area contributed by atoms with Crippen LogP contribution >= 0.6 is 0 Å². The summed E-state index contributed by atoms with van der Waals surface area (Å²) in [5.74, 6) is 0. The number of aromatic amines is 1. The van der Waals surface area contributed by atoms with Gasteiger partial charge >= 0.3 is 0 Å². The van der Waals surface area contributed by atoms with Gasteiger partial charge in [0.2, 0.25) is 0 Å². The Morgan fingerprint density at radius 2 is 2.09 bits per heavy atom. The Labute approximate surface area is 131 Å². The fraction of sp³-hybridized carbons (Fsp3) is 0.0714. The first-order chi connectivity index (χ1) is 10.9. The third-order valence-corrected chi connectivity index (χ3v) is 4.78. The molecule has 0 aliphatic heterocycles. The minimum atomic E-state index is -3.90. The minimum Gasteiger partial charge on any atom is -0.345 e. The third kappa shape index (κ3) is 2.73. The zero-order chi connectivity index (χ0) is 16.6. The molecule has 0 saturated heterocycles. The van der Waals surface area contributed by atoms with E-state index in [-0.39, 0.29) is 16.3 Å². The van der Waals surface area contributed by atoms with Crippen molar-refractivity contribution < 1.29 is 13.3 Å². The molecule has 0 atom stereocenters. The number of pyridine rings is 1. The van der Waals surface area contributed by atoms with Crippen molar-refractivity contribution >= 4 is 32.4 Å². The highest BCUT2D eigenvalue weighted by molar-refractivity contribution is 7.93. The molecule has 0 aliphatic rings. The number of H-pyrrole nitrogens is 1. The molecular weight excluding hydrogens is 320 g/mol. The van der Waals surface area contributed by atoms with Crippen molar-refractivity contribution in [2.75, 3.05) is 4.72 Å². The molecule has 8 nitrogen and oxygen atoms in total. The lowest BCUT2D eigenvalue weighted by molar-refractivity contribution is -0.385. The van der Waals surface area contributed by atoms with E-state index in [0.717, 1.165) is 0 Å². The second-order valence-electron chi connectivity index (χ2n) is 4.92. The van der Waals surface area contributed by atoms with Crippen LogP contribution in [0.3, 0.4) is 0 Å². The molecular formula is C14H12N4O4S. The number of benzene rings is 1. The lowest BCUT2D eigenvalue weighted by Gasteiger charge is -2.07. The van der Waals surface area contributed by atoms with Gasteiger partial charge in [0.05, 0.1) is 10.6 Å². The zero-order valence-electron chi connectivity index (χ0n) is 12.0. The maximum absolute atomic E-state index is 12.5. The number of nitro groups is 1. The fourth-order valence-corrected chi connectivity index (χ4v) is 3.45. The van der Waals surface area contributed by atoms with Crippen molar-refractivity contribution in [1.82, 2.24) is 9.97 Å². The van der Waals surface area contributed by atoms with Gasteiger partial charge in [0.15, 0.2) is 0 Å². The summed E-state index contributed by atoms with van der Waals surface area (Å²) in [6, 6.07) is 7.43. The van der Waals surface area contributed by atoms with Crippen molar-refractivity contribution in [2.24, 2.45) is 0 Å². The first kappa shape index (κ1) is 15.0. The molecule has 23 heavy (non-hydrogen) atoms. The Morgan fingerprint density at radius 3 is 2.83 bits per heavy atom. The molecule has 2 heterocycles. The molecule has 1 aromatic carbocycles. The molecule has 9 heteroatoms. The van der Waals surface area contributed by atoms with Gasteiger partial charge in [-0.2, -0.15) is 0 Å². The molecule has 0 saturated carbocycles. The summed E-state index contributed by atoms with van der Waals surface area (Å²) < 4.78 is 27.4. The molecule has 2 N–H and O–H groups in total. The average Bonchev–Trinajstić information content (AvgIpc) is 2.93. The van der Waals surface area contributed by atoms with Gasteiger partial charge in [0.25, 0.3) is 15.7 Å². The average molecular weight is 332 g/mol. The quantitative estimate of drug-likeness (QED) is 0.562.